The summed E-state index contributed by atoms with van der Waals surface area (Å²) in [4.78, 5) is 9.90. The Kier molecular flexibility index (Phi) is 14.4. The molecule has 0 rings (SSSR count). The summed E-state index contributed by atoms with van der Waals surface area (Å²) in [6, 6.07) is 0. The van der Waals surface area contributed by atoms with E-state index in [0.29, 0.717) is 5.88 Å². The van der Waals surface area contributed by atoms with Gasteiger partial charge in [-0.1, -0.05) is 12.2 Å². The zero-order valence-corrected chi connectivity index (χ0v) is 10.1. The van der Waals surface area contributed by atoms with E-state index < -0.39 is 5.97 Å². The van der Waals surface area contributed by atoms with Crippen LogP contribution in [0.1, 0.15) is 25.7 Å². The van der Waals surface area contributed by atoms with Crippen LogP contribution in [-0.4, -0.2) is 11.8 Å². The summed E-state index contributed by atoms with van der Waals surface area (Å²) < 4.78 is 0. The Labute approximate surface area is 100 Å². The maximum Gasteiger partial charge on any atom is 1.00 e. The molecule has 0 amide bonds. The SMILES string of the molecule is O=C([O-])C/C=C/CCCCCl.[Na+]. The molecule has 0 heterocycles. The molecule has 0 aliphatic rings. The molecule has 4 heteroatoms. The molecule has 0 N–H and O–H groups in total. The van der Waals surface area contributed by atoms with Gasteiger partial charge in [-0.2, -0.15) is 0 Å². The summed E-state index contributed by atoms with van der Waals surface area (Å²) in [7, 11) is 0. The molecule has 0 aliphatic heterocycles. The number of alkyl halides is 1. The molecule has 0 unspecified atom stereocenters. The Bertz CT molecular complexity index is 137. The standard InChI is InChI=1S/C8H13ClO2.Na/c9-7-5-3-1-2-4-6-8(10)11;/h2,4H,1,3,5-7H2,(H,10,11);/q;+1/p-1/b4-2+;. The van der Waals surface area contributed by atoms with Crippen LogP contribution in [-0.2, 0) is 4.79 Å². The van der Waals surface area contributed by atoms with Gasteiger partial charge in [0.2, 0.25) is 0 Å². The molecule has 0 aromatic carbocycles. The van der Waals surface area contributed by atoms with Crippen molar-refractivity contribution in [2.24, 2.45) is 0 Å². The minimum absolute atomic E-state index is 0. The van der Waals surface area contributed by atoms with Gasteiger partial charge in [0.05, 0.1) is 0 Å². The second-order valence-corrected chi connectivity index (χ2v) is 2.61. The van der Waals surface area contributed by atoms with Crippen LogP contribution < -0.4 is 34.7 Å². The number of hydrogen-bond donors (Lipinski definition) is 0. The maximum absolute atomic E-state index is 9.90. The van der Waals surface area contributed by atoms with Crippen molar-refractivity contribution in [3.05, 3.63) is 12.2 Å². The van der Waals surface area contributed by atoms with Gasteiger partial charge in [-0.25, -0.2) is 0 Å². The van der Waals surface area contributed by atoms with E-state index in [2.05, 4.69) is 0 Å². The molecule has 2 nitrogen and oxygen atoms in total. The van der Waals surface area contributed by atoms with Gasteiger partial charge in [0.1, 0.15) is 0 Å². The van der Waals surface area contributed by atoms with Crippen molar-refractivity contribution < 1.29 is 39.5 Å². The second-order valence-electron chi connectivity index (χ2n) is 2.23. The Balaban J connectivity index is 0. The minimum atomic E-state index is -1.03. The molecule has 0 radical (unpaired) electrons. The summed E-state index contributed by atoms with van der Waals surface area (Å²) in [6.07, 6.45) is 6.39. The number of rotatable bonds is 6. The Morgan fingerprint density at radius 1 is 1.33 bits per heavy atom. The van der Waals surface area contributed by atoms with Crippen LogP contribution in [0.5, 0.6) is 0 Å². The maximum atomic E-state index is 9.90. The Morgan fingerprint density at radius 2 is 2.00 bits per heavy atom. The molecule has 0 spiro atoms. The number of carbonyl (C=O) groups is 1. The first-order valence-electron chi connectivity index (χ1n) is 3.68. The predicted octanol–water partition coefficient (Wildman–Crippen LogP) is -1.90. The number of halogens is 1. The number of allylic oxidation sites excluding steroid dienone is 1. The molecule has 0 aromatic heterocycles. The average molecular weight is 199 g/mol. The largest absolute Gasteiger partial charge is 1.00 e. The third kappa shape index (κ3) is 13.1. The van der Waals surface area contributed by atoms with E-state index in [-0.39, 0.29) is 36.0 Å². The number of carbonyl (C=O) groups excluding carboxylic acids is 1. The third-order valence-corrected chi connectivity index (χ3v) is 1.47. The molecule has 12 heavy (non-hydrogen) atoms. The zero-order chi connectivity index (χ0) is 8.53. The monoisotopic (exact) mass is 198 g/mol. The fraction of sp³-hybridized carbons (Fsp3) is 0.625. The van der Waals surface area contributed by atoms with Gasteiger partial charge in [-0.15, -0.1) is 11.6 Å². The first kappa shape index (κ1) is 15.0. The molecule has 0 saturated heterocycles. The zero-order valence-electron chi connectivity index (χ0n) is 7.38. The van der Waals surface area contributed by atoms with Crippen molar-refractivity contribution in [1.29, 1.82) is 0 Å². The molecule has 0 aromatic rings. The number of carboxylic acids is 1. The fourth-order valence-electron chi connectivity index (χ4n) is 0.654. The molecule has 0 bridgehead atoms. The van der Waals surface area contributed by atoms with Crippen LogP contribution in [0.2, 0.25) is 0 Å². The summed E-state index contributed by atoms with van der Waals surface area (Å²) in [5.74, 6) is -0.354. The van der Waals surface area contributed by atoms with Crippen molar-refractivity contribution in [1.82, 2.24) is 0 Å². The molecule has 0 aliphatic carbocycles. The van der Waals surface area contributed by atoms with Crippen LogP contribution in [0.3, 0.4) is 0 Å². The normalized spacial score (nSPS) is 9.75. The van der Waals surface area contributed by atoms with E-state index in [0.717, 1.165) is 19.3 Å². The van der Waals surface area contributed by atoms with Crippen molar-refractivity contribution in [2.45, 2.75) is 25.7 Å². The fourth-order valence-corrected chi connectivity index (χ4v) is 0.843. The molecule has 0 atom stereocenters. The Morgan fingerprint density at radius 3 is 2.50 bits per heavy atom. The van der Waals surface area contributed by atoms with Crippen LogP contribution in [0.4, 0.5) is 0 Å². The van der Waals surface area contributed by atoms with E-state index in [1.165, 1.54) is 0 Å². The van der Waals surface area contributed by atoms with Crippen LogP contribution >= 0.6 is 11.6 Å². The van der Waals surface area contributed by atoms with Crippen LogP contribution in [0.25, 0.3) is 0 Å². The van der Waals surface area contributed by atoms with Gasteiger partial charge in [0.15, 0.2) is 0 Å². The molecule has 0 fully saturated rings. The molecular formula is C8H12ClNaO2. The van der Waals surface area contributed by atoms with E-state index in [1.807, 2.05) is 6.08 Å². The minimum Gasteiger partial charge on any atom is -0.550 e. The van der Waals surface area contributed by atoms with E-state index >= 15 is 0 Å². The predicted molar refractivity (Wildman–Crippen MR) is 43.3 cm³/mol. The molecular weight excluding hydrogens is 187 g/mol. The quantitative estimate of drug-likeness (QED) is 0.216. The van der Waals surface area contributed by atoms with Gasteiger partial charge in [-0.3, -0.25) is 0 Å². The summed E-state index contributed by atoms with van der Waals surface area (Å²) >= 11 is 5.44. The van der Waals surface area contributed by atoms with Crippen molar-refractivity contribution in [3.63, 3.8) is 0 Å². The average Bonchev–Trinajstić information content (AvgIpc) is 1.96. The number of carboxylic acid groups (broad SMARTS) is 1. The summed E-state index contributed by atoms with van der Waals surface area (Å²) in [6.45, 7) is 0. The summed E-state index contributed by atoms with van der Waals surface area (Å²) in [5, 5.41) is 9.90. The Hall–Kier alpha value is 0.500. The van der Waals surface area contributed by atoms with Crippen molar-refractivity contribution in [3.8, 4) is 0 Å². The van der Waals surface area contributed by atoms with Crippen molar-refractivity contribution in [2.75, 3.05) is 5.88 Å². The van der Waals surface area contributed by atoms with Crippen LogP contribution in [0.15, 0.2) is 12.2 Å². The summed E-state index contributed by atoms with van der Waals surface area (Å²) in [5.41, 5.74) is 0. The third-order valence-electron chi connectivity index (χ3n) is 1.21. The van der Waals surface area contributed by atoms with Crippen LogP contribution in [0, 0.1) is 0 Å². The first-order valence-corrected chi connectivity index (χ1v) is 4.21. The molecule has 64 valence electrons. The van der Waals surface area contributed by atoms with E-state index in [4.69, 9.17) is 11.6 Å². The topological polar surface area (TPSA) is 40.1 Å². The molecule has 0 saturated carbocycles. The van der Waals surface area contributed by atoms with Gasteiger partial charge in [0, 0.05) is 18.3 Å². The smallest absolute Gasteiger partial charge is 0.550 e. The number of hydrogen-bond acceptors (Lipinski definition) is 2. The van der Waals surface area contributed by atoms with E-state index in [1.54, 1.807) is 6.08 Å². The second kappa shape index (κ2) is 11.5. The van der Waals surface area contributed by atoms with Gasteiger partial charge >= 0.3 is 29.6 Å². The number of unbranched alkanes of at least 4 members (excludes halogenated alkanes) is 2. The van der Waals surface area contributed by atoms with Gasteiger partial charge in [-0.05, 0) is 19.3 Å². The van der Waals surface area contributed by atoms with Crippen molar-refractivity contribution >= 4 is 17.6 Å². The van der Waals surface area contributed by atoms with E-state index in [9.17, 15) is 9.90 Å². The van der Waals surface area contributed by atoms with Gasteiger partial charge in [0.25, 0.3) is 0 Å². The van der Waals surface area contributed by atoms with Gasteiger partial charge < -0.3 is 9.90 Å². The number of aliphatic carboxylic acids is 1. The first-order chi connectivity index (χ1) is 5.27.